The summed E-state index contributed by atoms with van der Waals surface area (Å²) >= 11 is 0. The number of benzene rings is 1. The van der Waals surface area contributed by atoms with Gasteiger partial charge in [-0.3, -0.25) is 14.3 Å². The molecule has 1 aromatic carbocycles. The van der Waals surface area contributed by atoms with Crippen molar-refractivity contribution in [2.45, 2.75) is 58.1 Å². The lowest BCUT2D eigenvalue weighted by molar-refractivity contribution is 0.0562. The number of H-pyrrole nitrogens is 1. The summed E-state index contributed by atoms with van der Waals surface area (Å²) in [6, 6.07) is 7.39. The number of ether oxygens (including phenoxy) is 1. The van der Waals surface area contributed by atoms with Crippen LogP contribution in [-0.4, -0.2) is 80.6 Å². The zero-order valence-electron chi connectivity index (χ0n) is 22.7. The number of pyridine rings is 1. The van der Waals surface area contributed by atoms with Gasteiger partial charge in [0.25, 0.3) is 11.5 Å². The molecule has 3 N–H and O–H groups in total. The number of amides is 2. The second kappa shape index (κ2) is 10.7. The first-order valence-electron chi connectivity index (χ1n) is 13.6. The first kappa shape index (κ1) is 26.7. The molecule has 0 spiro atoms. The van der Waals surface area contributed by atoms with Crippen molar-refractivity contribution in [3.05, 3.63) is 51.9 Å². The van der Waals surface area contributed by atoms with Gasteiger partial charge in [-0.1, -0.05) is 6.92 Å². The molecule has 11 nitrogen and oxygen atoms in total. The van der Waals surface area contributed by atoms with Gasteiger partial charge in [0.2, 0.25) is 0 Å². The van der Waals surface area contributed by atoms with Gasteiger partial charge in [0.15, 0.2) is 5.82 Å². The fourth-order valence-corrected chi connectivity index (χ4v) is 5.82. The van der Waals surface area contributed by atoms with E-state index in [1.807, 2.05) is 47.7 Å². The first-order valence-corrected chi connectivity index (χ1v) is 13.6. The van der Waals surface area contributed by atoms with E-state index in [0.717, 1.165) is 24.1 Å². The maximum atomic E-state index is 13.3. The van der Waals surface area contributed by atoms with Gasteiger partial charge in [-0.2, -0.15) is 5.10 Å². The van der Waals surface area contributed by atoms with E-state index in [1.165, 1.54) is 4.90 Å². The average molecular weight is 537 g/mol. The van der Waals surface area contributed by atoms with Gasteiger partial charge >= 0.3 is 6.09 Å². The third-order valence-electron chi connectivity index (χ3n) is 8.13. The van der Waals surface area contributed by atoms with Crippen LogP contribution in [0.2, 0.25) is 0 Å². The van der Waals surface area contributed by atoms with E-state index < -0.39 is 11.6 Å². The van der Waals surface area contributed by atoms with Crippen LogP contribution in [0.15, 0.2) is 35.3 Å². The number of nitrogens with zero attached hydrogens (tertiary/aromatic N) is 4. The molecule has 0 bridgehead atoms. The highest BCUT2D eigenvalue weighted by atomic mass is 16.5. The summed E-state index contributed by atoms with van der Waals surface area (Å²) in [6.07, 6.45) is 3.47. The molecule has 1 atom stereocenters. The molecule has 2 saturated heterocycles. The van der Waals surface area contributed by atoms with Crippen LogP contribution in [0.1, 0.15) is 55.5 Å². The topological polar surface area (TPSA) is 133 Å². The number of aromatic amines is 1. The fraction of sp³-hybridized carbons (Fsp3) is 0.500. The molecule has 0 aliphatic carbocycles. The molecule has 2 amide bonds. The number of aromatic nitrogens is 3. The Kier molecular flexibility index (Phi) is 7.35. The maximum Gasteiger partial charge on any atom is 0.407 e. The molecule has 2 aromatic heterocycles. The molecule has 208 valence electrons. The van der Waals surface area contributed by atoms with Gasteiger partial charge in [0.1, 0.15) is 5.39 Å². The normalized spacial score (nSPS) is 19.6. The molecule has 39 heavy (non-hydrogen) atoms. The van der Waals surface area contributed by atoms with Crippen molar-refractivity contribution in [1.29, 1.82) is 0 Å². The summed E-state index contributed by atoms with van der Waals surface area (Å²) in [5, 5.41) is 18.1. The summed E-state index contributed by atoms with van der Waals surface area (Å²) in [4.78, 5) is 43.8. The molecule has 0 saturated carbocycles. The van der Waals surface area contributed by atoms with Crippen molar-refractivity contribution in [1.82, 2.24) is 24.6 Å². The van der Waals surface area contributed by atoms with Gasteiger partial charge in [-0.15, -0.1) is 0 Å². The zero-order valence-corrected chi connectivity index (χ0v) is 22.7. The molecular weight excluding hydrogens is 500 g/mol. The maximum absolute atomic E-state index is 13.3. The highest BCUT2D eigenvalue weighted by Gasteiger charge is 2.38. The van der Waals surface area contributed by atoms with Crippen LogP contribution in [0.25, 0.3) is 10.9 Å². The molecule has 2 aliphatic heterocycles. The molecule has 0 unspecified atom stereocenters. The largest absolute Gasteiger partial charge is 0.465 e. The third kappa shape index (κ3) is 5.10. The summed E-state index contributed by atoms with van der Waals surface area (Å²) < 4.78 is 7.60. The quantitative estimate of drug-likeness (QED) is 0.450. The predicted molar refractivity (Wildman–Crippen MR) is 148 cm³/mol. The number of piperidine rings is 1. The van der Waals surface area contributed by atoms with E-state index in [9.17, 15) is 19.5 Å². The number of anilines is 2. The van der Waals surface area contributed by atoms with Gasteiger partial charge in [0.05, 0.1) is 17.2 Å². The Balaban J connectivity index is 1.45. The van der Waals surface area contributed by atoms with E-state index in [1.54, 1.807) is 6.20 Å². The third-order valence-corrected chi connectivity index (χ3v) is 8.13. The molecular formula is C28H36N6O5. The molecule has 2 fully saturated rings. The van der Waals surface area contributed by atoms with Crippen molar-refractivity contribution in [2.75, 3.05) is 38.1 Å². The molecule has 4 heterocycles. The highest BCUT2D eigenvalue weighted by Crippen LogP contribution is 2.37. The second-order valence-corrected chi connectivity index (χ2v) is 10.6. The van der Waals surface area contributed by atoms with E-state index >= 15 is 0 Å². The highest BCUT2D eigenvalue weighted by molar-refractivity contribution is 5.96. The number of carbonyl (C=O) groups is 2. The average Bonchev–Trinajstić information content (AvgIpc) is 3.15. The number of fused-ring (bicyclic) bond motifs is 1. The van der Waals surface area contributed by atoms with Crippen molar-refractivity contribution in [2.24, 2.45) is 0 Å². The Morgan fingerprint density at radius 2 is 1.97 bits per heavy atom. The Morgan fingerprint density at radius 1 is 1.21 bits per heavy atom. The SMILES string of the molecule is CCC1(n2nc(Nc3ccc(C(=O)N4CCCO[C@@H](C)C4)c(C)c3)c3c(=O)[nH]ccc32)CCN(C(=O)O)CC1. The van der Waals surface area contributed by atoms with Crippen LogP contribution in [0.5, 0.6) is 0 Å². The molecule has 0 radical (unpaired) electrons. The summed E-state index contributed by atoms with van der Waals surface area (Å²) in [7, 11) is 0. The summed E-state index contributed by atoms with van der Waals surface area (Å²) in [5.74, 6) is 0.414. The van der Waals surface area contributed by atoms with Crippen molar-refractivity contribution in [3.8, 4) is 0 Å². The number of nitrogens with one attached hydrogen (secondary N) is 2. The lowest BCUT2D eigenvalue weighted by Crippen LogP contribution is -2.47. The van der Waals surface area contributed by atoms with Crippen molar-refractivity contribution < 1.29 is 19.4 Å². The van der Waals surface area contributed by atoms with E-state index in [4.69, 9.17) is 9.84 Å². The van der Waals surface area contributed by atoms with E-state index in [-0.39, 0.29) is 17.6 Å². The minimum atomic E-state index is -0.917. The number of hydrogen-bond acceptors (Lipinski definition) is 6. The second-order valence-electron chi connectivity index (χ2n) is 10.6. The van der Waals surface area contributed by atoms with E-state index in [2.05, 4.69) is 17.2 Å². The van der Waals surface area contributed by atoms with Crippen molar-refractivity contribution in [3.63, 3.8) is 0 Å². The van der Waals surface area contributed by atoms with Gasteiger partial charge < -0.3 is 29.9 Å². The van der Waals surface area contributed by atoms with Crippen LogP contribution in [-0.2, 0) is 10.3 Å². The van der Waals surface area contributed by atoms with Crippen LogP contribution in [0, 0.1) is 6.92 Å². The summed E-state index contributed by atoms with van der Waals surface area (Å²) in [6.45, 7) is 8.66. The number of carbonyl (C=O) groups excluding carboxylic acids is 1. The fourth-order valence-electron chi connectivity index (χ4n) is 5.82. The van der Waals surface area contributed by atoms with E-state index in [0.29, 0.717) is 67.9 Å². The smallest absolute Gasteiger partial charge is 0.407 e. The number of rotatable bonds is 5. The number of likely N-dealkylation sites (tertiary alicyclic amines) is 1. The van der Waals surface area contributed by atoms with Crippen LogP contribution in [0.4, 0.5) is 16.3 Å². The Bertz CT molecular complexity index is 1440. The predicted octanol–water partition coefficient (Wildman–Crippen LogP) is 3.91. The van der Waals surface area contributed by atoms with Crippen molar-refractivity contribution >= 4 is 34.4 Å². The molecule has 5 rings (SSSR count). The first-order chi connectivity index (χ1) is 18.7. The minimum absolute atomic E-state index is 0.00181. The lowest BCUT2D eigenvalue weighted by atomic mass is 9.85. The van der Waals surface area contributed by atoms with Gasteiger partial charge in [-0.05, 0) is 69.4 Å². The van der Waals surface area contributed by atoms with Gasteiger partial charge in [-0.25, -0.2) is 4.79 Å². The Hall–Kier alpha value is -3.86. The van der Waals surface area contributed by atoms with Crippen LogP contribution < -0.4 is 10.9 Å². The number of hydrogen-bond donors (Lipinski definition) is 3. The molecule has 2 aliphatic rings. The number of aryl methyl sites for hydroxylation is 1. The van der Waals surface area contributed by atoms with Crippen LogP contribution in [0.3, 0.4) is 0 Å². The monoisotopic (exact) mass is 536 g/mol. The molecule has 3 aromatic rings. The zero-order chi connectivity index (χ0) is 27.7. The summed E-state index contributed by atoms with van der Waals surface area (Å²) in [5.41, 5.74) is 2.23. The standard InChI is InChI=1S/C28H36N6O5/c1-4-28(9-13-32(14-10-28)27(37)38)34-22-8-11-29-25(35)23(22)24(31-34)30-20-6-7-21(18(2)16-20)26(36)33-12-5-15-39-19(3)17-33/h6-8,11,16,19H,4-5,9-10,12-15,17H2,1-3H3,(H,29,35)(H,30,31)(H,37,38)/t19-/m0/s1. The number of carboxylic acid groups (broad SMARTS) is 1. The molecule has 11 heteroatoms. The Morgan fingerprint density at radius 3 is 2.67 bits per heavy atom. The van der Waals surface area contributed by atoms with Crippen LogP contribution >= 0.6 is 0 Å². The Labute approximate surface area is 226 Å². The lowest BCUT2D eigenvalue weighted by Gasteiger charge is -2.41. The van der Waals surface area contributed by atoms with Gasteiger partial charge in [0, 0.05) is 50.2 Å². The minimum Gasteiger partial charge on any atom is -0.465 e.